The summed E-state index contributed by atoms with van der Waals surface area (Å²) in [4.78, 5) is 3.05. The van der Waals surface area contributed by atoms with E-state index in [-0.39, 0.29) is 0 Å². The van der Waals surface area contributed by atoms with Gasteiger partial charge >= 0.3 is 0 Å². The van der Waals surface area contributed by atoms with E-state index in [0.717, 1.165) is 5.92 Å². The summed E-state index contributed by atoms with van der Waals surface area (Å²) >= 11 is 1.97. The Balaban J connectivity index is 2.42. The number of rotatable bonds is 7. The lowest BCUT2D eigenvalue weighted by molar-refractivity contribution is 0.486. The monoisotopic (exact) mass is 252 g/mol. The molecule has 0 radical (unpaired) electrons. The van der Waals surface area contributed by atoms with Gasteiger partial charge in [-0.1, -0.05) is 46.0 Å². The standard InChI is InChI=1S/C16H28S/c1-6-7-8-9-10-12(2)11-16-13(3)14(4)17-15(16)5/h12H,6-11H2,1-5H3/t12-/m1/s1. The highest BCUT2D eigenvalue weighted by atomic mass is 32.1. The average molecular weight is 252 g/mol. The van der Waals surface area contributed by atoms with E-state index in [1.54, 1.807) is 16.0 Å². The Morgan fingerprint density at radius 3 is 2.24 bits per heavy atom. The van der Waals surface area contributed by atoms with E-state index in [1.165, 1.54) is 43.4 Å². The molecule has 0 saturated carbocycles. The van der Waals surface area contributed by atoms with Gasteiger partial charge in [0, 0.05) is 9.75 Å². The molecular formula is C16H28S. The first-order valence-corrected chi connectivity index (χ1v) is 7.93. The highest BCUT2D eigenvalue weighted by Gasteiger charge is 2.12. The summed E-state index contributed by atoms with van der Waals surface area (Å²) in [6.07, 6.45) is 8.26. The van der Waals surface area contributed by atoms with Crippen LogP contribution in [-0.4, -0.2) is 0 Å². The van der Waals surface area contributed by atoms with E-state index < -0.39 is 0 Å². The molecular weight excluding hydrogens is 224 g/mol. The predicted octanol–water partition coefficient (Wildman–Crippen LogP) is 5.82. The number of aryl methyl sites for hydroxylation is 2. The van der Waals surface area contributed by atoms with Gasteiger partial charge in [0.2, 0.25) is 0 Å². The van der Waals surface area contributed by atoms with Crippen molar-refractivity contribution < 1.29 is 0 Å². The maximum atomic E-state index is 2.41. The third kappa shape index (κ3) is 4.46. The summed E-state index contributed by atoms with van der Waals surface area (Å²) in [7, 11) is 0. The van der Waals surface area contributed by atoms with Crippen LogP contribution < -0.4 is 0 Å². The molecule has 1 atom stereocenters. The molecule has 98 valence electrons. The molecule has 1 aromatic rings. The Bertz CT molecular complexity index is 336. The lowest BCUT2D eigenvalue weighted by atomic mass is 9.93. The number of thiophene rings is 1. The Labute approximate surface area is 111 Å². The van der Waals surface area contributed by atoms with Crippen LogP contribution in [0.5, 0.6) is 0 Å². The van der Waals surface area contributed by atoms with Crippen LogP contribution in [0, 0.1) is 26.7 Å². The van der Waals surface area contributed by atoms with E-state index in [2.05, 4.69) is 34.6 Å². The van der Waals surface area contributed by atoms with Crippen molar-refractivity contribution in [3.8, 4) is 0 Å². The van der Waals surface area contributed by atoms with Gasteiger partial charge in [0.15, 0.2) is 0 Å². The molecule has 0 unspecified atom stereocenters. The van der Waals surface area contributed by atoms with Crippen molar-refractivity contribution in [2.45, 2.75) is 73.1 Å². The highest BCUT2D eigenvalue weighted by Crippen LogP contribution is 2.29. The van der Waals surface area contributed by atoms with Crippen molar-refractivity contribution in [2.75, 3.05) is 0 Å². The SMILES string of the molecule is CCCCCC[C@@H](C)Cc1c(C)sc(C)c1C. The Hall–Kier alpha value is -0.300. The van der Waals surface area contributed by atoms with Gasteiger partial charge in [0.1, 0.15) is 0 Å². The lowest BCUT2D eigenvalue weighted by Crippen LogP contribution is -2.01. The fraction of sp³-hybridized carbons (Fsp3) is 0.750. The normalized spacial score (nSPS) is 13.0. The summed E-state index contributed by atoms with van der Waals surface area (Å²) in [5.74, 6) is 0.846. The second-order valence-electron chi connectivity index (χ2n) is 5.48. The minimum atomic E-state index is 0.846. The third-order valence-corrected chi connectivity index (χ3v) is 4.98. The molecule has 17 heavy (non-hydrogen) atoms. The molecule has 0 aliphatic heterocycles. The fourth-order valence-corrected chi connectivity index (χ4v) is 3.61. The molecule has 0 amide bonds. The van der Waals surface area contributed by atoms with Crippen molar-refractivity contribution in [3.63, 3.8) is 0 Å². The van der Waals surface area contributed by atoms with E-state index in [1.807, 2.05) is 11.3 Å². The van der Waals surface area contributed by atoms with Gasteiger partial charge in [-0.25, -0.2) is 0 Å². The first-order valence-electron chi connectivity index (χ1n) is 7.11. The van der Waals surface area contributed by atoms with Crippen LogP contribution in [0.4, 0.5) is 0 Å². The van der Waals surface area contributed by atoms with Gasteiger partial charge in [-0.3, -0.25) is 0 Å². The maximum absolute atomic E-state index is 2.41. The minimum Gasteiger partial charge on any atom is -0.145 e. The molecule has 0 aliphatic rings. The average Bonchev–Trinajstić information content (AvgIpc) is 2.52. The first-order chi connectivity index (χ1) is 8.06. The Kier molecular flexibility index (Phi) is 6.26. The zero-order valence-corrected chi connectivity index (χ0v) is 13.0. The Morgan fingerprint density at radius 1 is 1.00 bits per heavy atom. The van der Waals surface area contributed by atoms with E-state index >= 15 is 0 Å². The van der Waals surface area contributed by atoms with Gasteiger partial charge in [-0.15, -0.1) is 11.3 Å². The van der Waals surface area contributed by atoms with E-state index in [4.69, 9.17) is 0 Å². The largest absolute Gasteiger partial charge is 0.145 e. The lowest BCUT2D eigenvalue weighted by Gasteiger charge is -2.12. The maximum Gasteiger partial charge on any atom is 0.00518 e. The van der Waals surface area contributed by atoms with E-state index in [9.17, 15) is 0 Å². The number of hydrogen-bond acceptors (Lipinski definition) is 1. The molecule has 1 heterocycles. The van der Waals surface area contributed by atoms with Crippen molar-refractivity contribution in [1.29, 1.82) is 0 Å². The van der Waals surface area contributed by atoms with Crippen molar-refractivity contribution in [2.24, 2.45) is 5.92 Å². The van der Waals surface area contributed by atoms with Crippen LogP contribution in [-0.2, 0) is 6.42 Å². The fourth-order valence-electron chi connectivity index (χ4n) is 2.51. The molecule has 0 nitrogen and oxygen atoms in total. The molecule has 0 N–H and O–H groups in total. The van der Waals surface area contributed by atoms with Gasteiger partial charge in [-0.2, -0.15) is 0 Å². The van der Waals surface area contributed by atoms with Gasteiger partial charge in [0.05, 0.1) is 0 Å². The molecule has 1 rings (SSSR count). The summed E-state index contributed by atoms with van der Waals surface area (Å²) in [6, 6.07) is 0. The van der Waals surface area contributed by atoms with Gasteiger partial charge < -0.3 is 0 Å². The number of unbranched alkanes of at least 4 members (excludes halogenated alkanes) is 3. The molecule has 0 aromatic carbocycles. The quantitative estimate of drug-likeness (QED) is 0.536. The van der Waals surface area contributed by atoms with Crippen LogP contribution in [0.1, 0.15) is 66.8 Å². The molecule has 0 aliphatic carbocycles. The van der Waals surface area contributed by atoms with Gasteiger partial charge in [0.25, 0.3) is 0 Å². The van der Waals surface area contributed by atoms with Crippen LogP contribution in [0.3, 0.4) is 0 Å². The topological polar surface area (TPSA) is 0 Å². The Morgan fingerprint density at radius 2 is 1.71 bits per heavy atom. The van der Waals surface area contributed by atoms with Crippen LogP contribution in [0.2, 0.25) is 0 Å². The second kappa shape index (κ2) is 7.20. The predicted molar refractivity (Wildman–Crippen MR) is 80.2 cm³/mol. The van der Waals surface area contributed by atoms with Gasteiger partial charge in [-0.05, 0) is 44.2 Å². The molecule has 0 bridgehead atoms. The molecule has 1 heteroatoms. The summed E-state index contributed by atoms with van der Waals surface area (Å²) in [6.45, 7) is 11.5. The first kappa shape index (κ1) is 14.8. The number of hydrogen-bond donors (Lipinski definition) is 0. The van der Waals surface area contributed by atoms with Crippen molar-refractivity contribution in [3.05, 3.63) is 20.9 Å². The summed E-state index contributed by atoms with van der Waals surface area (Å²) in [5, 5.41) is 0. The third-order valence-electron chi connectivity index (χ3n) is 3.81. The molecule has 1 aromatic heterocycles. The smallest absolute Gasteiger partial charge is 0.00518 e. The van der Waals surface area contributed by atoms with Crippen LogP contribution in [0.15, 0.2) is 0 Å². The zero-order valence-electron chi connectivity index (χ0n) is 12.2. The zero-order chi connectivity index (χ0) is 12.8. The summed E-state index contributed by atoms with van der Waals surface area (Å²) in [5.41, 5.74) is 3.18. The highest BCUT2D eigenvalue weighted by molar-refractivity contribution is 7.12. The summed E-state index contributed by atoms with van der Waals surface area (Å²) < 4.78 is 0. The van der Waals surface area contributed by atoms with E-state index in [0.29, 0.717) is 0 Å². The van der Waals surface area contributed by atoms with Crippen LogP contribution >= 0.6 is 11.3 Å². The van der Waals surface area contributed by atoms with Crippen LogP contribution in [0.25, 0.3) is 0 Å². The molecule has 0 spiro atoms. The van der Waals surface area contributed by atoms with Crippen molar-refractivity contribution in [1.82, 2.24) is 0 Å². The molecule has 0 fully saturated rings. The van der Waals surface area contributed by atoms with Crippen molar-refractivity contribution >= 4 is 11.3 Å². The second-order valence-corrected chi connectivity index (χ2v) is 6.91. The molecule has 0 saturated heterocycles. The minimum absolute atomic E-state index is 0.846.